The van der Waals surface area contributed by atoms with Crippen LogP contribution in [0.4, 0.5) is 0 Å². The highest BCUT2D eigenvalue weighted by Crippen LogP contribution is 2.28. The van der Waals surface area contributed by atoms with Crippen LogP contribution in [0.15, 0.2) is 47.6 Å². The Morgan fingerprint density at radius 3 is 2.44 bits per heavy atom. The van der Waals surface area contributed by atoms with E-state index in [1.807, 2.05) is 53.6 Å². The summed E-state index contributed by atoms with van der Waals surface area (Å²) in [5.41, 5.74) is 10.8. The normalized spacial score (nSPS) is 17.8. The topological polar surface area (TPSA) is 88.2 Å². The van der Waals surface area contributed by atoms with Crippen LogP contribution in [0.1, 0.15) is 103 Å². The zero-order valence-corrected chi connectivity index (χ0v) is 23.4. The third kappa shape index (κ3) is 8.48. The van der Waals surface area contributed by atoms with Crippen LogP contribution in [0.25, 0.3) is 0 Å². The van der Waals surface area contributed by atoms with Gasteiger partial charge in [-0.3, -0.25) is 19.5 Å². The number of carbonyl (C=O) groups is 2. The summed E-state index contributed by atoms with van der Waals surface area (Å²) < 4.78 is 5.47. The van der Waals surface area contributed by atoms with Crippen molar-refractivity contribution < 1.29 is 14.3 Å². The quantitative estimate of drug-likeness (QED) is 0.160. The second-order valence-electron chi connectivity index (χ2n) is 10.8. The molecule has 1 saturated heterocycles. The van der Waals surface area contributed by atoms with Gasteiger partial charge in [0, 0.05) is 30.8 Å². The van der Waals surface area contributed by atoms with Gasteiger partial charge in [-0.25, -0.2) is 0 Å². The maximum absolute atomic E-state index is 13.3. The number of ketones is 1. The molecule has 7 nitrogen and oxygen atoms in total. The second-order valence-corrected chi connectivity index (χ2v) is 10.8. The van der Waals surface area contributed by atoms with Crippen molar-refractivity contribution in [1.29, 1.82) is 0 Å². The Balaban J connectivity index is 1.31. The lowest BCUT2D eigenvalue weighted by Gasteiger charge is -2.34. The van der Waals surface area contributed by atoms with E-state index < -0.39 is 6.17 Å². The number of piperidine rings is 1. The van der Waals surface area contributed by atoms with E-state index in [4.69, 9.17) is 10.5 Å². The number of unbranched alkanes of at least 4 members (excludes halogenated alkanes) is 5. The molecular weight excluding hydrogens is 488 g/mol. The molecule has 0 spiro atoms. The van der Waals surface area contributed by atoms with E-state index in [0.717, 1.165) is 49.0 Å². The third-order valence-electron chi connectivity index (χ3n) is 7.76. The molecule has 0 radical (unpaired) electrons. The zero-order valence-electron chi connectivity index (χ0n) is 23.4. The first kappa shape index (κ1) is 29.0. The van der Waals surface area contributed by atoms with Crippen molar-refractivity contribution in [2.24, 2.45) is 10.8 Å². The maximum Gasteiger partial charge on any atom is 0.320 e. The van der Waals surface area contributed by atoms with E-state index in [0.29, 0.717) is 24.3 Å². The summed E-state index contributed by atoms with van der Waals surface area (Å²) in [7, 11) is 0. The molecule has 2 aliphatic rings. The molecule has 2 aromatic rings. The van der Waals surface area contributed by atoms with Crippen LogP contribution in [-0.2, 0) is 16.0 Å². The van der Waals surface area contributed by atoms with Crippen molar-refractivity contribution in [1.82, 2.24) is 9.91 Å². The van der Waals surface area contributed by atoms with Gasteiger partial charge < -0.3 is 10.5 Å². The molecule has 2 heterocycles. The molecule has 0 aliphatic carbocycles. The van der Waals surface area contributed by atoms with Crippen LogP contribution in [-0.4, -0.2) is 60.7 Å². The standard InChI is InChI=1S/C32H44N4O3/c1-2-3-4-5-6-10-21-39-30(37)24-35-20-17-26-15-16-28(22-29(26)32(35)33)31(38)27-13-11-25(12-14-27)23-34-36-18-8-7-9-19-36/h11-16,22-23,32H,2-10,17-21,24,33H2,1H3. The van der Waals surface area contributed by atoms with Crippen molar-refractivity contribution in [3.05, 3.63) is 70.3 Å². The molecular formula is C32H44N4O3. The van der Waals surface area contributed by atoms with Crippen molar-refractivity contribution in [2.45, 2.75) is 77.3 Å². The monoisotopic (exact) mass is 532 g/mol. The number of rotatable bonds is 13. The van der Waals surface area contributed by atoms with Gasteiger partial charge in [-0.1, -0.05) is 75.4 Å². The molecule has 2 N–H and O–H groups in total. The Labute approximate surface area is 233 Å². The molecule has 0 bridgehead atoms. The lowest BCUT2D eigenvalue weighted by Crippen LogP contribution is -2.43. The van der Waals surface area contributed by atoms with E-state index in [1.165, 1.54) is 44.9 Å². The minimum Gasteiger partial charge on any atom is -0.465 e. The van der Waals surface area contributed by atoms with Crippen molar-refractivity contribution in [3.8, 4) is 0 Å². The lowest BCUT2D eigenvalue weighted by atomic mass is 9.92. The molecule has 2 aliphatic heterocycles. The molecule has 2 aromatic carbocycles. The first-order valence-electron chi connectivity index (χ1n) is 14.8. The predicted octanol–water partition coefficient (Wildman–Crippen LogP) is 5.46. The van der Waals surface area contributed by atoms with Crippen LogP contribution >= 0.6 is 0 Å². The van der Waals surface area contributed by atoms with Crippen LogP contribution in [0.2, 0.25) is 0 Å². The smallest absolute Gasteiger partial charge is 0.320 e. The van der Waals surface area contributed by atoms with Crippen molar-refractivity contribution >= 4 is 18.0 Å². The predicted molar refractivity (Wildman–Crippen MR) is 156 cm³/mol. The summed E-state index contributed by atoms with van der Waals surface area (Å²) >= 11 is 0. The average molecular weight is 533 g/mol. The molecule has 210 valence electrons. The fraction of sp³-hybridized carbons (Fsp3) is 0.531. The summed E-state index contributed by atoms with van der Waals surface area (Å²) in [5, 5.41) is 6.68. The van der Waals surface area contributed by atoms with Gasteiger partial charge in [-0.15, -0.1) is 0 Å². The van der Waals surface area contributed by atoms with Crippen molar-refractivity contribution in [3.63, 3.8) is 0 Å². The molecule has 7 heteroatoms. The molecule has 1 atom stereocenters. The summed E-state index contributed by atoms with van der Waals surface area (Å²) in [6.07, 6.45) is 12.8. The highest BCUT2D eigenvalue weighted by molar-refractivity contribution is 6.09. The largest absolute Gasteiger partial charge is 0.465 e. The van der Waals surface area contributed by atoms with Gasteiger partial charge in [0.05, 0.1) is 25.5 Å². The van der Waals surface area contributed by atoms with Crippen molar-refractivity contribution in [2.75, 3.05) is 32.8 Å². The third-order valence-corrected chi connectivity index (χ3v) is 7.76. The fourth-order valence-corrected chi connectivity index (χ4v) is 5.32. The zero-order chi connectivity index (χ0) is 27.5. The number of benzene rings is 2. The molecule has 1 fully saturated rings. The first-order chi connectivity index (χ1) is 19.0. The van der Waals surface area contributed by atoms with E-state index in [-0.39, 0.29) is 18.3 Å². The summed E-state index contributed by atoms with van der Waals surface area (Å²) in [6, 6.07) is 13.3. The number of hydrogen-bond acceptors (Lipinski definition) is 7. The Kier molecular flexibility index (Phi) is 11.1. The lowest BCUT2D eigenvalue weighted by molar-refractivity contribution is -0.145. The Morgan fingerprint density at radius 1 is 0.949 bits per heavy atom. The average Bonchev–Trinajstić information content (AvgIpc) is 2.97. The maximum atomic E-state index is 13.3. The second kappa shape index (κ2) is 14.9. The number of hydrogen-bond donors (Lipinski definition) is 1. The molecule has 39 heavy (non-hydrogen) atoms. The van der Waals surface area contributed by atoms with Crippen LogP contribution < -0.4 is 5.73 Å². The van der Waals surface area contributed by atoms with Gasteiger partial charge >= 0.3 is 5.97 Å². The van der Waals surface area contributed by atoms with E-state index in [2.05, 4.69) is 17.0 Å². The molecule has 1 unspecified atom stereocenters. The number of esters is 1. The minimum atomic E-state index is -0.448. The van der Waals surface area contributed by atoms with E-state index >= 15 is 0 Å². The number of ether oxygens (including phenoxy) is 1. The first-order valence-corrected chi connectivity index (χ1v) is 14.8. The van der Waals surface area contributed by atoms with Gasteiger partial charge in [-0.2, -0.15) is 5.10 Å². The number of fused-ring (bicyclic) bond motifs is 1. The van der Waals surface area contributed by atoms with E-state index in [9.17, 15) is 9.59 Å². The molecule has 4 rings (SSSR count). The Hall–Kier alpha value is -3.03. The van der Waals surface area contributed by atoms with Gasteiger partial charge in [0.15, 0.2) is 5.78 Å². The minimum absolute atomic E-state index is 0.0417. The van der Waals surface area contributed by atoms with Gasteiger partial charge in [0.1, 0.15) is 0 Å². The molecule has 0 amide bonds. The van der Waals surface area contributed by atoms with Gasteiger partial charge in [0.2, 0.25) is 0 Å². The summed E-state index contributed by atoms with van der Waals surface area (Å²) in [5.74, 6) is -0.279. The van der Waals surface area contributed by atoms with Crippen LogP contribution in [0.5, 0.6) is 0 Å². The highest BCUT2D eigenvalue weighted by atomic mass is 16.5. The number of hydrazone groups is 1. The Bertz CT molecular complexity index is 1110. The highest BCUT2D eigenvalue weighted by Gasteiger charge is 2.27. The number of carbonyl (C=O) groups excluding carboxylic acids is 2. The number of nitrogens with zero attached hydrogens (tertiary/aromatic N) is 3. The Morgan fingerprint density at radius 2 is 1.67 bits per heavy atom. The molecule has 0 saturated carbocycles. The summed E-state index contributed by atoms with van der Waals surface area (Å²) in [4.78, 5) is 27.7. The van der Waals surface area contributed by atoms with Crippen LogP contribution in [0, 0.1) is 0 Å². The van der Waals surface area contributed by atoms with E-state index in [1.54, 1.807) is 0 Å². The fourth-order valence-electron chi connectivity index (χ4n) is 5.32. The SMILES string of the molecule is CCCCCCCCOC(=O)CN1CCc2ccc(C(=O)c3ccc(C=NN4CCCCC4)cc3)cc2C1N. The number of nitrogens with two attached hydrogens (primary N) is 1. The molecule has 0 aromatic heterocycles. The van der Waals surface area contributed by atoms with Gasteiger partial charge in [0.25, 0.3) is 0 Å². The van der Waals surface area contributed by atoms with Gasteiger partial charge in [-0.05, 0) is 54.9 Å². The summed E-state index contributed by atoms with van der Waals surface area (Å²) in [6.45, 7) is 5.53. The van der Waals surface area contributed by atoms with Crippen LogP contribution in [0.3, 0.4) is 0 Å².